The second-order valence-electron chi connectivity index (χ2n) is 8.07. The van der Waals surface area contributed by atoms with Crippen LogP contribution in [0.25, 0.3) is 5.57 Å². The van der Waals surface area contributed by atoms with Crippen LogP contribution in [-0.2, 0) is 4.79 Å². The third kappa shape index (κ3) is 4.19. The molecule has 2 aromatic rings. The lowest BCUT2D eigenvalue weighted by molar-refractivity contribution is -0.129. The van der Waals surface area contributed by atoms with Gasteiger partial charge in [-0.2, -0.15) is 0 Å². The molecule has 2 aliphatic rings. The van der Waals surface area contributed by atoms with E-state index in [-0.39, 0.29) is 24.4 Å². The van der Waals surface area contributed by atoms with Crippen molar-refractivity contribution in [2.45, 2.75) is 20.0 Å². The number of piperazine rings is 1. The molecule has 30 heavy (non-hydrogen) atoms. The molecule has 2 heterocycles. The highest BCUT2D eigenvalue weighted by Gasteiger charge is 2.30. The van der Waals surface area contributed by atoms with E-state index >= 15 is 0 Å². The molecule has 0 spiro atoms. The highest BCUT2D eigenvalue weighted by atomic mass is 19.1. The third-order valence-corrected chi connectivity index (χ3v) is 5.45. The summed E-state index contributed by atoms with van der Waals surface area (Å²) in [5, 5.41) is 0. The smallest absolute Gasteiger partial charge is 0.253 e. The van der Waals surface area contributed by atoms with Crippen LogP contribution < -0.4 is 9.47 Å². The van der Waals surface area contributed by atoms with E-state index < -0.39 is 0 Å². The molecule has 0 aromatic heterocycles. The zero-order chi connectivity index (χ0) is 21.3. The number of carbonyl (C=O) groups is 1. The first-order valence-electron chi connectivity index (χ1n) is 10.3. The predicted octanol–water partition coefficient (Wildman–Crippen LogP) is 3.58. The number of nitrogens with zero attached hydrogens (tertiary/aromatic N) is 2. The summed E-state index contributed by atoms with van der Waals surface area (Å²) in [4.78, 5) is 17.5. The first-order valence-corrected chi connectivity index (χ1v) is 10.3. The standard InChI is InChI=1S/C24H27FN2O3/c1-16(2)30-19-8-9-22-20(14-19)23(17-4-6-18(25)7-5-17)21(15-29-22)24(28)27-12-10-26(3)11-13-27/h4-9,14,16H,10-13,15H2,1-3H3. The molecule has 0 bridgehead atoms. The minimum atomic E-state index is -0.310. The number of rotatable bonds is 4. The Morgan fingerprint density at radius 2 is 1.77 bits per heavy atom. The number of ether oxygens (including phenoxy) is 2. The van der Waals surface area contributed by atoms with Gasteiger partial charge in [0.15, 0.2) is 0 Å². The van der Waals surface area contributed by atoms with Crippen LogP contribution >= 0.6 is 0 Å². The van der Waals surface area contributed by atoms with Gasteiger partial charge in [-0.3, -0.25) is 4.79 Å². The van der Waals surface area contributed by atoms with E-state index in [9.17, 15) is 9.18 Å². The summed E-state index contributed by atoms with van der Waals surface area (Å²) in [5.41, 5.74) is 2.97. The summed E-state index contributed by atoms with van der Waals surface area (Å²) in [6.07, 6.45) is 0.0252. The lowest BCUT2D eigenvalue weighted by Crippen LogP contribution is -2.48. The van der Waals surface area contributed by atoms with Crippen molar-refractivity contribution in [3.8, 4) is 11.5 Å². The molecule has 0 aliphatic carbocycles. The molecule has 1 fully saturated rings. The fraction of sp³-hybridized carbons (Fsp3) is 0.375. The van der Waals surface area contributed by atoms with Gasteiger partial charge in [0, 0.05) is 37.3 Å². The van der Waals surface area contributed by atoms with Crippen LogP contribution in [0.15, 0.2) is 48.0 Å². The molecule has 4 rings (SSSR count). The summed E-state index contributed by atoms with van der Waals surface area (Å²) >= 11 is 0. The van der Waals surface area contributed by atoms with Crippen molar-refractivity contribution >= 4 is 11.5 Å². The first kappa shape index (κ1) is 20.4. The molecule has 0 saturated carbocycles. The summed E-state index contributed by atoms with van der Waals surface area (Å²) in [6.45, 7) is 7.17. The zero-order valence-corrected chi connectivity index (χ0v) is 17.7. The van der Waals surface area contributed by atoms with E-state index in [0.29, 0.717) is 30.2 Å². The Bertz CT molecular complexity index is 961. The molecule has 1 saturated heterocycles. The molecule has 2 aliphatic heterocycles. The first-order chi connectivity index (χ1) is 14.4. The van der Waals surface area contributed by atoms with E-state index in [4.69, 9.17) is 9.47 Å². The van der Waals surface area contributed by atoms with Gasteiger partial charge < -0.3 is 19.3 Å². The Morgan fingerprint density at radius 3 is 2.43 bits per heavy atom. The van der Waals surface area contributed by atoms with Crippen LogP contribution in [0.3, 0.4) is 0 Å². The summed E-state index contributed by atoms with van der Waals surface area (Å²) in [7, 11) is 2.06. The second kappa shape index (κ2) is 8.48. The maximum absolute atomic E-state index is 13.6. The number of hydrogen-bond donors (Lipinski definition) is 0. The Balaban J connectivity index is 1.81. The molecule has 0 unspecified atom stereocenters. The van der Waals surface area contributed by atoms with Crippen molar-refractivity contribution in [3.05, 3.63) is 65.0 Å². The number of likely N-dealkylation sites (N-methyl/N-ethyl adjacent to an activating group) is 1. The molecule has 158 valence electrons. The number of fused-ring (bicyclic) bond motifs is 1. The molecule has 1 amide bonds. The molecular weight excluding hydrogens is 383 g/mol. The van der Waals surface area contributed by atoms with Crippen LogP contribution in [0.4, 0.5) is 4.39 Å². The van der Waals surface area contributed by atoms with Gasteiger partial charge in [0.2, 0.25) is 0 Å². The van der Waals surface area contributed by atoms with Crippen molar-refractivity contribution in [2.75, 3.05) is 39.8 Å². The molecule has 2 aromatic carbocycles. The highest BCUT2D eigenvalue weighted by Crippen LogP contribution is 2.40. The Morgan fingerprint density at radius 1 is 1.07 bits per heavy atom. The van der Waals surface area contributed by atoms with Crippen LogP contribution in [-0.4, -0.2) is 61.6 Å². The highest BCUT2D eigenvalue weighted by molar-refractivity contribution is 6.06. The average Bonchev–Trinajstić information content (AvgIpc) is 2.73. The average molecular weight is 410 g/mol. The van der Waals surface area contributed by atoms with Gasteiger partial charge in [-0.05, 0) is 56.8 Å². The van der Waals surface area contributed by atoms with Crippen molar-refractivity contribution < 1.29 is 18.7 Å². The summed E-state index contributed by atoms with van der Waals surface area (Å²) < 4.78 is 25.4. The Labute approximate surface area is 176 Å². The summed E-state index contributed by atoms with van der Waals surface area (Å²) in [6, 6.07) is 11.9. The van der Waals surface area contributed by atoms with E-state index in [2.05, 4.69) is 11.9 Å². The minimum Gasteiger partial charge on any atom is -0.491 e. The van der Waals surface area contributed by atoms with Gasteiger partial charge in [0.25, 0.3) is 5.91 Å². The van der Waals surface area contributed by atoms with E-state index in [1.54, 1.807) is 12.1 Å². The SMILES string of the molecule is CC(C)Oc1ccc2c(c1)C(c1ccc(F)cc1)=C(C(=O)N1CCN(C)CC1)CO2. The van der Waals surface area contributed by atoms with Crippen LogP contribution in [0.1, 0.15) is 25.0 Å². The van der Waals surface area contributed by atoms with Crippen LogP contribution in [0, 0.1) is 5.82 Å². The monoisotopic (exact) mass is 410 g/mol. The van der Waals surface area contributed by atoms with Crippen molar-refractivity contribution in [1.82, 2.24) is 9.80 Å². The molecular formula is C24H27FN2O3. The van der Waals surface area contributed by atoms with E-state index in [1.165, 1.54) is 12.1 Å². The quantitative estimate of drug-likeness (QED) is 0.773. The van der Waals surface area contributed by atoms with Gasteiger partial charge in [-0.25, -0.2) is 4.39 Å². The third-order valence-electron chi connectivity index (χ3n) is 5.45. The van der Waals surface area contributed by atoms with Crippen LogP contribution in [0.2, 0.25) is 0 Å². The predicted molar refractivity (Wildman–Crippen MR) is 114 cm³/mol. The topological polar surface area (TPSA) is 42.0 Å². The van der Waals surface area contributed by atoms with Crippen molar-refractivity contribution in [2.24, 2.45) is 0 Å². The maximum atomic E-state index is 13.6. The maximum Gasteiger partial charge on any atom is 0.253 e. The van der Waals surface area contributed by atoms with Crippen molar-refractivity contribution in [1.29, 1.82) is 0 Å². The fourth-order valence-corrected chi connectivity index (χ4v) is 3.88. The minimum absolute atomic E-state index is 0.0248. The molecule has 0 radical (unpaired) electrons. The lowest BCUT2D eigenvalue weighted by atomic mass is 9.90. The fourth-order valence-electron chi connectivity index (χ4n) is 3.88. The van der Waals surface area contributed by atoms with E-state index in [0.717, 1.165) is 29.8 Å². The van der Waals surface area contributed by atoms with Gasteiger partial charge in [0.05, 0.1) is 11.7 Å². The number of carbonyl (C=O) groups excluding carboxylic acids is 1. The molecule has 0 N–H and O–H groups in total. The number of halogens is 1. The zero-order valence-electron chi connectivity index (χ0n) is 17.7. The second-order valence-corrected chi connectivity index (χ2v) is 8.07. The normalized spacial score (nSPS) is 17.0. The van der Waals surface area contributed by atoms with Gasteiger partial charge in [0.1, 0.15) is 23.9 Å². The number of amides is 1. The van der Waals surface area contributed by atoms with Gasteiger partial charge >= 0.3 is 0 Å². The molecule has 5 nitrogen and oxygen atoms in total. The van der Waals surface area contributed by atoms with Crippen LogP contribution in [0.5, 0.6) is 11.5 Å². The summed E-state index contributed by atoms with van der Waals surface area (Å²) in [5.74, 6) is 1.07. The molecule has 6 heteroatoms. The molecule has 0 atom stereocenters. The van der Waals surface area contributed by atoms with Gasteiger partial charge in [-0.15, -0.1) is 0 Å². The van der Waals surface area contributed by atoms with E-state index in [1.807, 2.05) is 36.9 Å². The Hall–Kier alpha value is -2.86. The van der Waals surface area contributed by atoms with Gasteiger partial charge in [-0.1, -0.05) is 12.1 Å². The number of hydrogen-bond acceptors (Lipinski definition) is 4. The lowest BCUT2D eigenvalue weighted by Gasteiger charge is -2.34. The number of benzene rings is 2. The van der Waals surface area contributed by atoms with Crippen molar-refractivity contribution in [3.63, 3.8) is 0 Å². The Kier molecular flexibility index (Phi) is 5.77. The largest absolute Gasteiger partial charge is 0.491 e.